The number of aryl methyl sites for hydroxylation is 2. The monoisotopic (exact) mass is 639 g/mol. The number of aromatic hydroxyl groups is 2. The van der Waals surface area contributed by atoms with Crippen molar-refractivity contribution in [3.8, 4) is 11.5 Å². The molecule has 0 amide bonds. The van der Waals surface area contributed by atoms with Crippen LogP contribution in [0.3, 0.4) is 0 Å². The van der Waals surface area contributed by atoms with E-state index in [9.17, 15) is 10.2 Å². The second-order valence-corrected chi connectivity index (χ2v) is 11.2. The van der Waals surface area contributed by atoms with E-state index >= 15 is 0 Å². The van der Waals surface area contributed by atoms with E-state index in [4.69, 9.17) is 29.8 Å². The summed E-state index contributed by atoms with van der Waals surface area (Å²) in [5.41, 5.74) is 5.98. The molecule has 0 saturated heterocycles. The summed E-state index contributed by atoms with van der Waals surface area (Å²) in [6.07, 6.45) is 9.83. The second kappa shape index (κ2) is 19.9. The fourth-order valence-corrected chi connectivity index (χ4v) is 4.64. The zero-order valence-electron chi connectivity index (χ0n) is 26.8. The molecule has 0 heterocycles. The van der Waals surface area contributed by atoms with Crippen LogP contribution >= 0.6 is 0 Å². The molecule has 0 aromatic heterocycles. The minimum absolute atomic E-state index is 0. The van der Waals surface area contributed by atoms with Gasteiger partial charge in [0.15, 0.2) is 0 Å². The summed E-state index contributed by atoms with van der Waals surface area (Å²) in [5, 5.41) is 38.8. The molecule has 1 fully saturated rings. The average Bonchev–Trinajstić information content (AvgIpc) is 2.93. The minimum atomic E-state index is -1.08. The molecule has 1 saturated carbocycles. The maximum Gasteiger partial charge on any atom is 2.00 e. The molecule has 0 bridgehead atoms. The number of benzene rings is 2. The number of aliphatic carboxylic acids is 2. The number of carbonyl (C=O) groups excluding carboxylic acids is 2. The molecule has 2 unspecified atom stereocenters. The maximum atomic E-state index is 10.5. The average molecular weight is 640 g/mol. The van der Waals surface area contributed by atoms with Crippen molar-refractivity contribution in [1.82, 2.24) is 0 Å². The van der Waals surface area contributed by atoms with E-state index in [-0.39, 0.29) is 28.9 Å². The van der Waals surface area contributed by atoms with Crippen LogP contribution in [-0.4, -0.2) is 46.7 Å². The van der Waals surface area contributed by atoms with Crippen molar-refractivity contribution in [2.45, 2.75) is 118 Å². The summed E-state index contributed by atoms with van der Waals surface area (Å²) < 4.78 is 0. The van der Waals surface area contributed by atoms with Gasteiger partial charge in [0, 0.05) is 35.5 Å². The van der Waals surface area contributed by atoms with Gasteiger partial charge in [-0.3, -0.25) is 9.98 Å². The summed E-state index contributed by atoms with van der Waals surface area (Å²) in [6, 6.07) is 8.87. The van der Waals surface area contributed by atoms with Crippen molar-refractivity contribution >= 4 is 24.4 Å². The Morgan fingerprint density at radius 3 is 1.30 bits per heavy atom. The van der Waals surface area contributed by atoms with Crippen LogP contribution in [0.25, 0.3) is 0 Å². The normalized spacial score (nSPS) is 17.6. The van der Waals surface area contributed by atoms with Crippen molar-refractivity contribution in [2.24, 2.45) is 9.98 Å². The molecule has 2 atom stereocenters. The zero-order chi connectivity index (χ0) is 32.0. The minimum Gasteiger partial charge on any atom is -0.550 e. The standard InChI is InChI=1S/C30H42N2O2.2C2H4O2.Co/c1-7-19(3)23-13-21(5)29(33)25(15-23)17-31-27-9-11-28(12-10-27)32-18-26-16-24(20(4)8-2)14-22(6)30(26)34;2*1-2(3)4;/h13-20,27-28,33-34H,7-12H2,1-6H3;2*1H3,(H,3,4);/q;;;+2/p-2. The molecule has 43 heavy (non-hydrogen) atoms. The number of carboxylic acid groups (broad SMARTS) is 2. The van der Waals surface area contributed by atoms with Gasteiger partial charge < -0.3 is 30.0 Å². The molecule has 0 aliphatic heterocycles. The third-order valence-corrected chi connectivity index (χ3v) is 7.58. The third kappa shape index (κ3) is 14.2. The van der Waals surface area contributed by atoms with Gasteiger partial charge >= 0.3 is 16.8 Å². The fraction of sp³-hybridized carbons (Fsp3) is 0.529. The van der Waals surface area contributed by atoms with Crippen LogP contribution in [0.1, 0.15) is 125 Å². The second-order valence-electron chi connectivity index (χ2n) is 11.2. The van der Waals surface area contributed by atoms with Crippen LogP contribution in [0, 0.1) is 13.8 Å². The molecule has 239 valence electrons. The third-order valence-electron chi connectivity index (χ3n) is 7.58. The van der Waals surface area contributed by atoms with E-state index in [1.165, 1.54) is 11.1 Å². The molecule has 1 radical (unpaired) electrons. The summed E-state index contributed by atoms with van der Waals surface area (Å²) in [7, 11) is 0. The van der Waals surface area contributed by atoms with Crippen LogP contribution in [0.5, 0.6) is 11.5 Å². The fourth-order valence-electron chi connectivity index (χ4n) is 4.64. The number of hydrogen-bond donors (Lipinski definition) is 2. The van der Waals surface area contributed by atoms with E-state index in [1.54, 1.807) is 0 Å². The van der Waals surface area contributed by atoms with Crippen LogP contribution in [0.2, 0.25) is 0 Å². The van der Waals surface area contributed by atoms with Crippen LogP contribution in [0.4, 0.5) is 0 Å². The summed E-state index contributed by atoms with van der Waals surface area (Å²) in [6.45, 7) is 14.7. The largest absolute Gasteiger partial charge is 2.00 e. The first-order valence-corrected chi connectivity index (χ1v) is 14.8. The van der Waals surface area contributed by atoms with Gasteiger partial charge in [0.25, 0.3) is 0 Å². The quantitative estimate of drug-likeness (QED) is 0.385. The molecule has 1 aliphatic carbocycles. The smallest absolute Gasteiger partial charge is 0.550 e. The predicted octanol–water partition coefficient (Wildman–Crippen LogP) is 5.10. The Morgan fingerprint density at radius 2 is 1.05 bits per heavy atom. The van der Waals surface area contributed by atoms with Gasteiger partial charge in [0.2, 0.25) is 0 Å². The first-order chi connectivity index (χ1) is 19.7. The number of nitrogens with zero attached hydrogens (tertiary/aromatic N) is 2. The van der Waals surface area contributed by atoms with Gasteiger partial charge in [-0.25, -0.2) is 0 Å². The van der Waals surface area contributed by atoms with E-state index in [2.05, 4.69) is 52.0 Å². The zero-order valence-corrected chi connectivity index (χ0v) is 27.8. The molecular formula is C34H48CoN2O6. The number of hydrogen-bond acceptors (Lipinski definition) is 8. The molecule has 8 nitrogen and oxygen atoms in total. The molecular weight excluding hydrogens is 591 g/mol. The number of phenols is 2. The van der Waals surface area contributed by atoms with E-state index in [1.807, 2.05) is 26.3 Å². The Kier molecular flexibility index (Phi) is 18.4. The van der Waals surface area contributed by atoms with Gasteiger partial charge in [-0.15, -0.1) is 0 Å². The topological polar surface area (TPSA) is 145 Å². The van der Waals surface area contributed by atoms with Crippen LogP contribution < -0.4 is 10.2 Å². The SMILES string of the molecule is CC(=O)[O-].CC(=O)[O-].CCC(C)c1cc(C)c(O)c(C=NC2CCC(N=Cc3cc(C(C)CC)cc(C)c3O)CC2)c1.[Co+2]. The number of phenolic OH excluding ortho intramolecular Hbond substituents is 2. The number of rotatable bonds is 8. The first kappa shape index (κ1) is 39.8. The van der Waals surface area contributed by atoms with Gasteiger partial charge in [-0.1, -0.05) is 39.8 Å². The van der Waals surface area contributed by atoms with Crippen molar-refractivity contribution in [2.75, 3.05) is 0 Å². The maximum absolute atomic E-state index is 10.5. The molecule has 2 aromatic rings. The van der Waals surface area contributed by atoms with E-state index in [0.29, 0.717) is 23.3 Å². The van der Waals surface area contributed by atoms with Crippen molar-refractivity contribution < 1.29 is 46.8 Å². The summed E-state index contributed by atoms with van der Waals surface area (Å²) >= 11 is 0. The van der Waals surface area contributed by atoms with Gasteiger partial charge in [-0.2, -0.15) is 0 Å². The summed E-state index contributed by atoms with van der Waals surface area (Å²) in [5.74, 6) is -0.560. The molecule has 2 aromatic carbocycles. The Morgan fingerprint density at radius 1 is 0.767 bits per heavy atom. The van der Waals surface area contributed by atoms with E-state index in [0.717, 1.165) is 74.6 Å². The van der Waals surface area contributed by atoms with Gasteiger partial charge in [-0.05, 0) is 112 Å². The molecule has 9 heteroatoms. The van der Waals surface area contributed by atoms with Crippen LogP contribution in [-0.2, 0) is 26.4 Å². The Bertz CT molecular complexity index is 1130. The molecule has 3 rings (SSSR count). The Labute approximate surface area is 267 Å². The Balaban J connectivity index is 0.00000174. The van der Waals surface area contributed by atoms with E-state index < -0.39 is 11.9 Å². The number of aliphatic imine (C=N–C) groups is 2. The number of carboxylic acids is 2. The molecule has 1 aliphatic rings. The summed E-state index contributed by atoms with van der Waals surface area (Å²) in [4.78, 5) is 27.4. The molecule has 0 spiro atoms. The van der Waals surface area contributed by atoms with Crippen LogP contribution in [0.15, 0.2) is 34.3 Å². The predicted molar refractivity (Wildman–Crippen MR) is 166 cm³/mol. The van der Waals surface area contributed by atoms with Crippen molar-refractivity contribution in [1.29, 1.82) is 0 Å². The van der Waals surface area contributed by atoms with Crippen molar-refractivity contribution in [3.05, 3.63) is 57.6 Å². The molecule has 2 N–H and O–H groups in total. The first-order valence-electron chi connectivity index (χ1n) is 14.8. The number of carbonyl (C=O) groups is 2. The Hall–Kier alpha value is -3.17. The van der Waals surface area contributed by atoms with Gasteiger partial charge in [0.05, 0.1) is 12.1 Å². The van der Waals surface area contributed by atoms with Crippen molar-refractivity contribution in [3.63, 3.8) is 0 Å². The van der Waals surface area contributed by atoms with Gasteiger partial charge in [0.1, 0.15) is 11.5 Å².